The Morgan fingerprint density at radius 3 is 1.65 bits per heavy atom. The Balaban J connectivity index is 2.03. The Kier molecular flexibility index (Phi) is 4.40. The van der Waals surface area contributed by atoms with Crippen LogP contribution in [0.1, 0.15) is 22.3 Å². The number of rotatable bonds is 5. The van der Waals surface area contributed by atoms with E-state index in [1.807, 2.05) is 42.5 Å². The Morgan fingerprint density at radius 2 is 1.22 bits per heavy atom. The SMILES string of the molecule is C=Cc1ccc(CC(N)(c2ccccc2)c2ccccc2)cc1. The first-order valence-corrected chi connectivity index (χ1v) is 7.84. The van der Waals surface area contributed by atoms with Crippen LogP contribution in [0.3, 0.4) is 0 Å². The summed E-state index contributed by atoms with van der Waals surface area (Å²) in [5, 5.41) is 0. The molecule has 114 valence electrons. The molecule has 3 aromatic rings. The van der Waals surface area contributed by atoms with E-state index in [0.29, 0.717) is 0 Å². The molecule has 2 N–H and O–H groups in total. The van der Waals surface area contributed by atoms with Crippen molar-refractivity contribution >= 4 is 6.08 Å². The zero-order chi connectivity index (χ0) is 16.1. The van der Waals surface area contributed by atoms with Crippen LogP contribution in [0.15, 0.2) is 91.5 Å². The number of hydrogen-bond acceptors (Lipinski definition) is 1. The maximum atomic E-state index is 6.92. The number of hydrogen-bond donors (Lipinski definition) is 1. The molecular weight excluding hydrogens is 278 g/mol. The summed E-state index contributed by atoms with van der Waals surface area (Å²) in [6, 6.07) is 29.0. The van der Waals surface area contributed by atoms with Gasteiger partial charge in [0.25, 0.3) is 0 Å². The average molecular weight is 299 g/mol. The van der Waals surface area contributed by atoms with Gasteiger partial charge in [0.05, 0.1) is 5.54 Å². The van der Waals surface area contributed by atoms with Crippen LogP contribution in [-0.2, 0) is 12.0 Å². The van der Waals surface area contributed by atoms with Crippen molar-refractivity contribution in [1.29, 1.82) is 0 Å². The molecule has 0 saturated carbocycles. The summed E-state index contributed by atoms with van der Waals surface area (Å²) >= 11 is 0. The molecule has 0 aliphatic rings. The monoisotopic (exact) mass is 299 g/mol. The largest absolute Gasteiger partial charge is 0.317 e. The third-order valence-corrected chi connectivity index (χ3v) is 4.28. The lowest BCUT2D eigenvalue weighted by atomic mass is 9.79. The molecule has 1 heteroatoms. The summed E-state index contributed by atoms with van der Waals surface area (Å²) in [5.41, 5.74) is 11.0. The van der Waals surface area contributed by atoms with Crippen LogP contribution in [0.2, 0.25) is 0 Å². The molecule has 23 heavy (non-hydrogen) atoms. The van der Waals surface area contributed by atoms with Gasteiger partial charge in [0.15, 0.2) is 0 Å². The molecule has 0 radical (unpaired) electrons. The van der Waals surface area contributed by atoms with Crippen LogP contribution in [0.25, 0.3) is 6.08 Å². The van der Waals surface area contributed by atoms with Crippen LogP contribution in [-0.4, -0.2) is 0 Å². The second kappa shape index (κ2) is 6.64. The fourth-order valence-corrected chi connectivity index (χ4v) is 2.94. The van der Waals surface area contributed by atoms with Crippen LogP contribution in [0, 0.1) is 0 Å². The summed E-state index contributed by atoms with van der Waals surface area (Å²) < 4.78 is 0. The molecule has 0 atom stereocenters. The van der Waals surface area contributed by atoms with Gasteiger partial charge in [0.1, 0.15) is 0 Å². The topological polar surface area (TPSA) is 26.0 Å². The lowest BCUT2D eigenvalue weighted by Crippen LogP contribution is -2.40. The molecule has 1 nitrogen and oxygen atoms in total. The highest BCUT2D eigenvalue weighted by Crippen LogP contribution is 2.30. The molecule has 0 spiro atoms. The maximum Gasteiger partial charge on any atom is 0.0706 e. The molecule has 0 unspecified atom stereocenters. The maximum absolute atomic E-state index is 6.92. The van der Waals surface area contributed by atoms with Crippen molar-refractivity contribution in [1.82, 2.24) is 0 Å². The molecule has 0 bridgehead atoms. The van der Waals surface area contributed by atoms with Crippen LogP contribution < -0.4 is 5.73 Å². The van der Waals surface area contributed by atoms with Crippen molar-refractivity contribution in [2.24, 2.45) is 5.73 Å². The minimum Gasteiger partial charge on any atom is -0.317 e. The van der Waals surface area contributed by atoms with Crippen molar-refractivity contribution in [2.45, 2.75) is 12.0 Å². The zero-order valence-corrected chi connectivity index (χ0v) is 13.2. The van der Waals surface area contributed by atoms with Crippen molar-refractivity contribution < 1.29 is 0 Å². The highest BCUT2D eigenvalue weighted by atomic mass is 14.7. The van der Waals surface area contributed by atoms with Crippen molar-refractivity contribution in [2.75, 3.05) is 0 Å². The molecule has 0 amide bonds. The lowest BCUT2D eigenvalue weighted by Gasteiger charge is -2.31. The van der Waals surface area contributed by atoms with E-state index in [-0.39, 0.29) is 0 Å². The molecule has 0 aliphatic heterocycles. The van der Waals surface area contributed by atoms with Gasteiger partial charge in [-0.25, -0.2) is 0 Å². The highest BCUT2D eigenvalue weighted by Gasteiger charge is 2.29. The molecule has 0 aromatic heterocycles. The molecular formula is C22H21N. The molecule has 3 aromatic carbocycles. The number of nitrogens with two attached hydrogens (primary N) is 1. The summed E-state index contributed by atoms with van der Waals surface area (Å²) in [6.07, 6.45) is 2.60. The smallest absolute Gasteiger partial charge is 0.0706 e. The predicted molar refractivity (Wildman–Crippen MR) is 98.1 cm³/mol. The summed E-state index contributed by atoms with van der Waals surface area (Å²) in [6.45, 7) is 3.81. The van der Waals surface area contributed by atoms with Crippen molar-refractivity contribution in [3.63, 3.8) is 0 Å². The fourth-order valence-electron chi connectivity index (χ4n) is 2.94. The molecule has 0 saturated heterocycles. The average Bonchev–Trinajstić information content (AvgIpc) is 2.64. The van der Waals surface area contributed by atoms with Crippen LogP contribution >= 0.6 is 0 Å². The Labute approximate surface area is 138 Å². The zero-order valence-electron chi connectivity index (χ0n) is 13.2. The van der Waals surface area contributed by atoms with E-state index in [1.54, 1.807) is 0 Å². The number of benzene rings is 3. The van der Waals surface area contributed by atoms with Gasteiger partial charge in [-0.05, 0) is 28.7 Å². The molecule has 0 fully saturated rings. The van der Waals surface area contributed by atoms with E-state index in [1.165, 1.54) is 5.56 Å². The molecule has 0 heterocycles. The second-order valence-corrected chi connectivity index (χ2v) is 5.83. The molecule has 0 aliphatic carbocycles. The summed E-state index contributed by atoms with van der Waals surface area (Å²) in [7, 11) is 0. The van der Waals surface area contributed by atoms with Gasteiger partial charge in [0.2, 0.25) is 0 Å². The van der Waals surface area contributed by atoms with E-state index >= 15 is 0 Å². The minimum atomic E-state index is -0.543. The van der Waals surface area contributed by atoms with E-state index in [9.17, 15) is 0 Å². The van der Waals surface area contributed by atoms with Gasteiger partial charge in [-0.3, -0.25) is 0 Å². The van der Waals surface area contributed by atoms with E-state index in [2.05, 4.69) is 55.1 Å². The Hall–Kier alpha value is -2.64. The van der Waals surface area contributed by atoms with E-state index in [0.717, 1.165) is 23.1 Å². The Bertz CT molecular complexity index is 719. The lowest BCUT2D eigenvalue weighted by molar-refractivity contribution is 0.535. The van der Waals surface area contributed by atoms with Crippen molar-refractivity contribution in [3.05, 3.63) is 114 Å². The quantitative estimate of drug-likeness (QED) is 0.721. The third-order valence-electron chi connectivity index (χ3n) is 4.28. The molecule has 3 rings (SSSR count). The van der Waals surface area contributed by atoms with E-state index in [4.69, 9.17) is 5.73 Å². The first kappa shape index (κ1) is 15.3. The normalized spacial score (nSPS) is 11.2. The van der Waals surface area contributed by atoms with Gasteiger partial charge < -0.3 is 5.73 Å². The van der Waals surface area contributed by atoms with Gasteiger partial charge in [-0.1, -0.05) is 97.6 Å². The van der Waals surface area contributed by atoms with Crippen LogP contribution in [0.5, 0.6) is 0 Å². The van der Waals surface area contributed by atoms with E-state index < -0.39 is 5.54 Å². The van der Waals surface area contributed by atoms with Gasteiger partial charge in [-0.2, -0.15) is 0 Å². The van der Waals surface area contributed by atoms with Gasteiger partial charge in [-0.15, -0.1) is 0 Å². The second-order valence-electron chi connectivity index (χ2n) is 5.83. The summed E-state index contributed by atoms with van der Waals surface area (Å²) in [4.78, 5) is 0. The fraction of sp³-hybridized carbons (Fsp3) is 0.0909. The van der Waals surface area contributed by atoms with Gasteiger partial charge in [0, 0.05) is 0 Å². The van der Waals surface area contributed by atoms with Gasteiger partial charge >= 0.3 is 0 Å². The Morgan fingerprint density at radius 1 is 0.739 bits per heavy atom. The predicted octanol–water partition coefficient (Wildman–Crippen LogP) is 4.77. The van der Waals surface area contributed by atoms with Crippen LogP contribution in [0.4, 0.5) is 0 Å². The highest BCUT2D eigenvalue weighted by molar-refractivity contribution is 5.48. The first-order chi connectivity index (χ1) is 11.2. The van der Waals surface area contributed by atoms with Crippen molar-refractivity contribution in [3.8, 4) is 0 Å². The minimum absolute atomic E-state index is 0.543. The third kappa shape index (κ3) is 3.25. The first-order valence-electron chi connectivity index (χ1n) is 7.84. The standard InChI is InChI=1S/C22H21N/c1-2-18-13-15-19(16-14-18)17-22(23,20-9-5-3-6-10-20)21-11-7-4-8-12-21/h2-16H,1,17,23H2. The summed E-state index contributed by atoms with van der Waals surface area (Å²) in [5.74, 6) is 0.